The minimum atomic E-state index is -1.76. The minimum absolute atomic E-state index is 0.000786. The maximum atomic E-state index is 14.2. The molecule has 0 radical (unpaired) electrons. The number of aromatic nitrogens is 3. The van der Waals surface area contributed by atoms with E-state index in [-0.39, 0.29) is 86.8 Å². The number of aliphatic hydroxyl groups is 4. The Morgan fingerprint density at radius 1 is 0.574 bits per heavy atom. The molecule has 1 aliphatic heterocycles. The van der Waals surface area contributed by atoms with Crippen molar-refractivity contribution in [3.8, 4) is 16.9 Å². The van der Waals surface area contributed by atoms with E-state index in [0.717, 1.165) is 68.5 Å². The van der Waals surface area contributed by atoms with Crippen molar-refractivity contribution in [2.75, 3.05) is 211 Å². The molecule has 1 aliphatic carbocycles. The quantitative estimate of drug-likeness (QED) is 0.0153. The summed E-state index contributed by atoms with van der Waals surface area (Å²) >= 11 is 0. The second-order valence-corrected chi connectivity index (χ2v) is 30.1. The van der Waals surface area contributed by atoms with Crippen LogP contribution in [-0.2, 0) is 107 Å². The van der Waals surface area contributed by atoms with Crippen LogP contribution in [0.2, 0.25) is 0 Å². The van der Waals surface area contributed by atoms with Gasteiger partial charge >= 0.3 is 12.1 Å². The number of hydrogen-bond acceptors (Lipinski definition) is 27. The van der Waals surface area contributed by atoms with Crippen LogP contribution in [0.15, 0.2) is 109 Å². The predicted molar refractivity (Wildman–Crippen MR) is 452 cm³/mol. The second-order valence-electron chi connectivity index (χ2n) is 30.1. The number of carboxylic acids is 1. The van der Waals surface area contributed by atoms with Gasteiger partial charge in [-0.2, -0.15) is 0 Å². The van der Waals surface area contributed by atoms with E-state index in [4.69, 9.17) is 81.8 Å². The number of nitrogens with two attached hydrogens (primary N) is 1. The lowest BCUT2D eigenvalue weighted by Gasteiger charge is -2.39. The summed E-state index contributed by atoms with van der Waals surface area (Å²) in [5.41, 5.74) is 15.5. The first kappa shape index (κ1) is 96.8. The maximum absolute atomic E-state index is 14.2. The number of quaternary nitrogens is 1. The fraction of sp³-hybridized carbons (Fsp3) is 0.557. The fourth-order valence-corrected chi connectivity index (χ4v) is 14.0. The Labute approximate surface area is 712 Å². The minimum Gasteiger partial charge on any atom is -0.478 e. The van der Waals surface area contributed by atoms with E-state index in [2.05, 4.69) is 76.1 Å². The smallest absolute Gasteiger partial charge is 0.407 e. The van der Waals surface area contributed by atoms with Crippen LogP contribution in [0.4, 0.5) is 16.3 Å². The molecule has 0 spiro atoms. The normalized spacial score (nSPS) is 16.1. The first-order valence-electron chi connectivity index (χ1n) is 42.0. The van der Waals surface area contributed by atoms with E-state index in [1.807, 2.05) is 48.5 Å². The number of hydrogen-bond donors (Lipinski definition) is 10. The summed E-state index contributed by atoms with van der Waals surface area (Å²) in [4.78, 5) is 76.3. The average molecular weight is 1710 g/mol. The van der Waals surface area contributed by atoms with Gasteiger partial charge < -0.3 is 133 Å². The van der Waals surface area contributed by atoms with Gasteiger partial charge in [0.15, 0.2) is 5.82 Å². The number of nitrogens with one attached hydrogen (secondary N) is 4. The number of nitrogen functional groups attached to an aromatic ring is 1. The zero-order chi connectivity index (χ0) is 86.7. The van der Waals surface area contributed by atoms with Gasteiger partial charge in [-0.15, -0.1) is 0 Å². The number of amides is 4. The van der Waals surface area contributed by atoms with Crippen molar-refractivity contribution >= 4 is 63.2 Å². The zero-order valence-corrected chi connectivity index (χ0v) is 70.6. The molecule has 2 aromatic heterocycles. The first-order valence-corrected chi connectivity index (χ1v) is 42.0. The van der Waals surface area contributed by atoms with E-state index in [0.29, 0.717) is 193 Å². The highest BCUT2D eigenvalue weighted by Crippen LogP contribution is 2.45. The van der Waals surface area contributed by atoms with Crippen LogP contribution in [0.3, 0.4) is 0 Å². The molecule has 11 N–H and O–H groups in total. The van der Waals surface area contributed by atoms with Crippen LogP contribution < -0.4 is 31.7 Å². The number of anilines is 2. The number of fused-ring (bicyclic) bond motifs is 6. The SMILES string of the molecule is CCCCc1nc2c(N)nc3cc(C(=O)O)ccc3c2n1Cc1ccc(C[N+](C)(C)Cc2ccc(O[C@H]3O[C@H](CO)[C@@H](O)[C@H](O)[C@@H]3O)c(NC(=O)CCNC(=O)[C@H](CCCCNC(=O)CCOCCOCCOCCOCCOCCOCCOCCOCCOCCOCCOCCOC)NC(=O)OCC3c4ccccc4-c4ccccc43)c2)cc1. The number of rotatable bonds is 62. The number of carbonyl (C=O) groups excluding carboxylic acids is 4. The fourth-order valence-electron chi connectivity index (χ4n) is 14.0. The lowest BCUT2D eigenvalue weighted by atomic mass is 9.98. The van der Waals surface area contributed by atoms with E-state index < -0.39 is 67.2 Å². The number of aromatic carboxylic acids is 1. The highest BCUT2D eigenvalue weighted by Gasteiger charge is 2.45. The third-order valence-corrected chi connectivity index (χ3v) is 20.2. The summed E-state index contributed by atoms with van der Waals surface area (Å²) in [6.45, 7) is 13.0. The Balaban J connectivity index is 0.684. The summed E-state index contributed by atoms with van der Waals surface area (Å²) in [6.07, 6.45) is -5.45. The average Bonchev–Trinajstić information content (AvgIpc) is 1.58. The number of unbranched alkanes of at least 4 members (excludes halogenated alkanes) is 2. The number of aliphatic hydroxyl groups excluding tert-OH is 4. The van der Waals surface area contributed by atoms with Crippen molar-refractivity contribution in [2.45, 2.75) is 121 Å². The summed E-state index contributed by atoms with van der Waals surface area (Å²) in [5, 5.41) is 64.1. The van der Waals surface area contributed by atoms with Crippen molar-refractivity contribution in [1.29, 1.82) is 0 Å². The molecule has 1 saturated heterocycles. The van der Waals surface area contributed by atoms with E-state index >= 15 is 0 Å². The molecule has 4 amide bonds. The lowest BCUT2D eigenvalue weighted by molar-refractivity contribution is -0.916. The van der Waals surface area contributed by atoms with Gasteiger partial charge in [-0.3, -0.25) is 14.4 Å². The third-order valence-electron chi connectivity index (χ3n) is 20.2. The lowest BCUT2D eigenvalue weighted by Crippen LogP contribution is -2.60. The van der Waals surface area contributed by atoms with E-state index in [1.54, 1.807) is 37.4 Å². The van der Waals surface area contributed by atoms with Crippen molar-refractivity contribution in [1.82, 2.24) is 30.5 Å². The predicted octanol–water partition coefficient (Wildman–Crippen LogP) is 6.07. The number of imidazole rings is 1. The number of methoxy groups -OCH3 is 1. The van der Waals surface area contributed by atoms with Gasteiger partial charge in [0.05, 0.1) is 195 Å². The largest absolute Gasteiger partial charge is 0.478 e. The Morgan fingerprint density at radius 3 is 1.66 bits per heavy atom. The van der Waals surface area contributed by atoms with Gasteiger partial charge in [-0.05, 0) is 89.9 Å². The molecule has 670 valence electrons. The number of pyridine rings is 1. The standard InChI is InChI=1S/C88H123N9O25/c1-5-6-18-76-95-79-80(69-25-24-64(86(105)106)55-72(69)93-84(79)89)96(76)56-61-19-21-62(22-20-61)57-97(2,3)58-63-23-26-74(121-87-83(103)82(102)81(101)75(59-98)122-87)73(54-63)92-78(100)27-30-91-85(104)71(94-88(107)120-60-70-67-15-9-7-13-65(67)66-14-8-10-16-68(66)70)17-11-12-29-90-77(99)28-31-109-34-35-111-38-39-113-42-43-115-46-47-117-50-51-119-53-52-118-49-48-116-45-44-114-41-40-112-37-36-110-33-32-108-4/h7-10,13-16,19-26,54-55,70-71,75,81-83,87,98,101-103H,5-6,11-12,17-18,27-53,56-60H2,1-4H3,(H6-,89,90,91,92,93,94,99,100,104,105,106,107)/p+1/t71-,75+,81+,82-,83-,87-/m0/s1. The van der Waals surface area contributed by atoms with Gasteiger partial charge in [0, 0.05) is 68.4 Å². The number of carbonyl (C=O) groups is 5. The summed E-state index contributed by atoms with van der Waals surface area (Å²) in [5.74, 6) is -1.59. The Hall–Kier alpha value is -8.99. The van der Waals surface area contributed by atoms with E-state index in [1.165, 1.54) is 6.07 Å². The van der Waals surface area contributed by atoms with Crippen LogP contribution in [0.5, 0.6) is 5.75 Å². The Kier molecular flexibility index (Phi) is 42.3. The molecular weight excluding hydrogens is 1580 g/mol. The molecule has 34 nitrogen and oxygen atoms in total. The third kappa shape index (κ3) is 32.0. The molecule has 7 aromatic rings. The Morgan fingerprint density at radius 2 is 1.11 bits per heavy atom. The van der Waals surface area contributed by atoms with Crippen LogP contribution in [-0.4, -0.2) is 311 Å². The molecule has 0 unspecified atom stereocenters. The van der Waals surface area contributed by atoms with Gasteiger partial charge in [-0.1, -0.05) is 86.1 Å². The highest BCUT2D eigenvalue weighted by atomic mass is 16.7. The summed E-state index contributed by atoms with van der Waals surface area (Å²) < 4.78 is 85.9. The number of carboxylic acid groups (broad SMARTS) is 1. The monoisotopic (exact) mass is 1710 g/mol. The van der Waals surface area contributed by atoms with Crippen molar-refractivity contribution in [3.05, 3.63) is 148 Å². The van der Waals surface area contributed by atoms with Gasteiger partial charge in [0.25, 0.3) is 0 Å². The topological polar surface area (TPSA) is 430 Å². The molecule has 122 heavy (non-hydrogen) atoms. The molecule has 6 atom stereocenters. The molecule has 1 fully saturated rings. The summed E-state index contributed by atoms with van der Waals surface area (Å²) in [6, 6.07) is 32.9. The first-order chi connectivity index (χ1) is 59.3. The molecule has 2 aliphatic rings. The molecule has 0 bridgehead atoms. The molecule has 5 aromatic carbocycles. The van der Waals surface area contributed by atoms with Crippen LogP contribution in [0.1, 0.15) is 102 Å². The molecule has 3 heterocycles. The summed E-state index contributed by atoms with van der Waals surface area (Å²) in [7, 11) is 5.74. The zero-order valence-electron chi connectivity index (χ0n) is 70.6. The molecule has 34 heteroatoms. The molecular formula is C88H124N9O25+. The van der Waals surface area contributed by atoms with Crippen LogP contribution >= 0.6 is 0 Å². The number of alkyl carbamates (subject to hydrolysis) is 1. The molecule has 0 saturated carbocycles. The number of aryl methyl sites for hydroxylation is 1. The van der Waals surface area contributed by atoms with Crippen molar-refractivity contribution < 1.29 is 125 Å². The van der Waals surface area contributed by atoms with Crippen LogP contribution in [0, 0.1) is 0 Å². The van der Waals surface area contributed by atoms with Gasteiger partial charge in [0.2, 0.25) is 24.0 Å². The number of nitrogens with zero attached hydrogens (tertiary/aromatic N) is 4. The molecule has 9 rings (SSSR count). The maximum Gasteiger partial charge on any atom is 0.407 e. The number of ether oxygens (including phenoxy) is 15. The van der Waals surface area contributed by atoms with Crippen molar-refractivity contribution in [3.63, 3.8) is 0 Å². The van der Waals surface area contributed by atoms with Crippen LogP contribution in [0.25, 0.3) is 33.1 Å². The van der Waals surface area contributed by atoms with Gasteiger partial charge in [-0.25, -0.2) is 19.6 Å². The van der Waals surface area contributed by atoms with Gasteiger partial charge in [0.1, 0.15) is 67.2 Å². The van der Waals surface area contributed by atoms with E-state index in [9.17, 15) is 49.5 Å². The highest BCUT2D eigenvalue weighted by molar-refractivity contribution is 6.08. The van der Waals surface area contributed by atoms with Crippen molar-refractivity contribution in [2.24, 2.45) is 0 Å². The number of benzene rings is 5. The second kappa shape index (κ2) is 53.2. The Bertz CT molecular complexity index is 4260.